The molecule has 1 rings (SSSR count). The van der Waals surface area contributed by atoms with Crippen molar-refractivity contribution in [1.82, 2.24) is 0 Å². The van der Waals surface area contributed by atoms with E-state index in [-0.39, 0.29) is 11.1 Å². The molecule has 5 heteroatoms. The topological polar surface area (TPSA) is 37.3 Å². The van der Waals surface area contributed by atoms with E-state index >= 15 is 0 Å². The van der Waals surface area contributed by atoms with Gasteiger partial charge in [0.1, 0.15) is 0 Å². The molecule has 0 aromatic heterocycles. The maximum absolute atomic E-state index is 12.9. The smallest absolute Gasteiger partial charge is 0.343 e. The molecular weight excluding hydrogens is 197 g/mol. The van der Waals surface area contributed by atoms with Gasteiger partial charge < -0.3 is 5.11 Å². The van der Waals surface area contributed by atoms with Crippen molar-refractivity contribution >= 4 is 5.97 Å². The second-order valence-electron chi connectivity index (χ2n) is 2.67. The molecule has 0 aliphatic heterocycles. The summed E-state index contributed by atoms with van der Waals surface area (Å²) in [6.07, 6.45) is -4.98. The Morgan fingerprint density at radius 1 is 1.21 bits per heavy atom. The predicted octanol–water partition coefficient (Wildman–Crippen LogP) is 2.72. The van der Waals surface area contributed by atoms with Crippen molar-refractivity contribution in [3.05, 3.63) is 35.4 Å². The van der Waals surface area contributed by atoms with Crippen LogP contribution in [0.3, 0.4) is 0 Å². The molecule has 0 saturated carbocycles. The van der Waals surface area contributed by atoms with Crippen molar-refractivity contribution in [3.8, 4) is 0 Å². The number of carbonyl (C=O) groups is 1. The summed E-state index contributed by atoms with van der Waals surface area (Å²) < 4.78 is 37.1. The molecule has 0 saturated heterocycles. The number of aliphatic carboxylic acids is 1. The number of hydrogen-bond acceptors (Lipinski definition) is 1. The van der Waals surface area contributed by atoms with Crippen molar-refractivity contribution in [2.45, 2.75) is 12.6 Å². The number of hydrogen-bond donors (Lipinski definition) is 1. The molecular formula is C9H7F3O2. The molecule has 1 atom stereocenters. The highest BCUT2D eigenvalue weighted by molar-refractivity contribution is 5.74. The van der Waals surface area contributed by atoms with E-state index < -0.39 is 18.6 Å². The van der Waals surface area contributed by atoms with Crippen LogP contribution in [0.2, 0.25) is 0 Å². The Morgan fingerprint density at radius 3 is 2.29 bits per heavy atom. The first-order chi connectivity index (χ1) is 6.52. The lowest BCUT2D eigenvalue weighted by molar-refractivity contribution is -0.143. The van der Waals surface area contributed by atoms with Crippen molar-refractivity contribution in [2.75, 3.05) is 0 Å². The molecule has 0 heterocycles. The molecule has 0 aliphatic rings. The minimum atomic E-state index is -2.73. The maximum atomic E-state index is 12.9. The Bertz CT molecular complexity index is 339. The normalized spacial score (nSPS) is 12.9. The van der Waals surface area contributed by atoms with Crippen LogP contribution in [-0.4, -0.2) is 11.1 Å². The van der Waals surface area contributed by atoms with E-state index in [1.165, 1.54) is 6.07 Å². The van der Waals surface area contributed by atoms with Gasteiger partial charge in [-0.2, -0.15) is 0 Å². The van der Waals surface area contributed by atoms with Gasteiger partial charge in [-0.3, -0.25) is 0 Å². The Kier molecular flexibility index (Phi) is 3.11. The van der Waals surface area contributed by atoms with Crippen LogP contribution < -0.4 is 0 Å². The highest BCUT2D eigenvalue weighted by Crippen LogP contribution is 2.24. The molecule has 1 aromatic rings. The maximum Gasteiger partial charge on any atom is 0.343 e. The van der Waals surface area contributed by atoms with Crippen LogP contribution in [0.15, 0.2) is 24.3 Å². The van der Waals surface area contributed by atoms with Gasteiger partial charge in [0.2, 0.25) is 6.17 Å². The molecule has 0 aliphatic carbocycles. The van der Waals surface area contributed by atoms with Gasteiger partial charge in [-0.05, 0) is 11.6 Å². The molecule has 0 amide bonds. The number of benzene rings is 1. The molecule has 1 N–H and O–H groups in total. The van der Waals surface area contributed by atoms with E-state index in [2.05, 4.69) is 0 Å². The summed E-state index contributed by atoms with van der Waals surface area (Å²) in [5.41, 5.74) is -0.651. The Hall–Kier alpha value is -1.52. The largest absolute Gasteiger partial charge is 0.479 e. The van der Waals surface area contributed by atoms with Gasteiger partial charge >= 0.3 is 5.97 Å². The van der Waals surface area contributed by atoms with Crippen molar-refractivity contribution in [3.63, 3.8) is 0 Å². The second kappa shape index (κ2) is 4.13. The Balaban J connectivity index is 2.99. The second-order valence-corrected chi connectivity index (χ2v) is 2.67. The van der Waals surface area contributed by atoms with Crippen LogP contribution >= 0.6 is 0 Å². The first kappa shape index (κ1) is 10.6. The number of rotatable bonds is 3. The van der Waals surface area contributed by atoms with E-state index in [4.69, 9.17) is 5.11 Å². The first-order valence-electron chi connectivity index (χ1n) is 3.77. The van der Waals surface area contributed by atoms with Crippen LogP contribution in [0.25, 0.3) is 0 Å². The van der Waals surface area contributed by atoms with E-state index in [1.54, 1.807) is 0 Å². The zero-order chi connectivity index (χ0) is 10.7. The third kappa shape index (κ3) is 2.25. The van der Waals surface area contributed by atoms with E-state index in [0.29, 0.717) is 0 Å². The summed E-state index contributed by atoms with van der Waals surface area (Å²) in [5.74, 6) is -1.68. The summed E-state index contributed by atoms with van der Waals surface area (Å²) >= 11 is 0. The van der Waals surface area contributed by atoms with Gasteiger partial charge in [0, 0.05) is 5.56 Å². The molecule has 1 aromatic carbocycles. The number of carboxylic acids is 1. The SMILES string of the molecule is O=C(O)C(F)c1cccc(C(F)F)c1. The van der Waals surface area contributed by atoms with Crippen molar-refractivity contribution < 1.29 is 23.1 Å². The van der Waals surface area contributed by atoms with Crippen molar-refractivity contribution in [1.29, 1.82) is 0 Å². The number of alkyl halides is 3. The zero-order valence-electron chi connectivity index (χ0n) is 6.95. The molecule has 76 valence electrons. The van der Waals surface area contributed by atoms with Crippen LogP contribution in [0.5, 0.6) is 0 Å². The molecule has 0 spiro atoms. The Labute approximate surface area is 78.0 Å². The third-order valence-electron chi connectivity index (χ3n) is 1.67. The molecule has 0 radical (unpaired) electrons. The quantitative estimate of drug-likeness (QED) is 0.821. The van der Waals surface area contributed by atoms with E-state index in [9.17, 15) is 18.0 Å². The predicted molar refractivity (Wildman–Crippen MR) is 42.9 cm³/mol. The lowest BCUT2D eigenvalue weighted by atomic mass is 10.1. The highest BCUT2D eigenvalue weighted by Gasteiger charge is 2.19. The van der Waals surface area contributed by atoms with E-state index in [0.717, 1.165) is 18.2 Å². The zero-order valence-corrected chi connectivity index (χ0v) is 6.95. The fourth-order valence-electron chi connectivity index (χ4n) is 0.995. The number of halogens is 3. The fraction of sp³-hybridized carbons (Fsp3) is 0.222. The third-order valence-corrected chi connectivity index (χ3v) is 1.67. The summed E-state index contributed by atoms with van der Waals surface area (Å²) in [4.78, 5) is 10.2. The fourth-order valence-corrected chi connectivity index (χ4v) is 0.995. The summed E-state index contributed by atoms with van der Waals surface area (Å²) in [6, 6.07) is 4.32. The van der Waals surface area contributed by atoms with Gasteiger partial charge in [0.15, 0.2) is 0 Å². The van der Waals surface area contributed by atoms with Crippen LogP contribution in [-0.2, 0) is 4.79 Å². The molecule has 14 heavy (non-hydrogen) atoms. The highest BCUT2D eigenvalue weighted by atomic mass is 19.3. The molecule has 0 bridgehead atoms. The minimum Gasteiger partial charge on any atom is -0.479 e. The average Bonchev–Trinajstić information content (AvgIpc) is 2.16. The Morgan fingerprint density at radius 2 is 1.79 bits per heavy atom. The summed E-state index contributed by atoms with van der Waals surface area (Å²) in [7, 11) is 0. The molecule has 2 nitrogen and oxygen atoms in total. The van der Waals surface area contributed by atoms with Gasteiger partial charge in [-0.15, -0.1) is 0 Å². The lowest BCUT2D eigenvalue weighted by Gasteiger charge is -2.05. The summed E-state index contributed by atoms with van der Waals surface area (Å²) in [5, 5.41) is 8.30. The number of carboxylic acid groups (broad SMARTS) is 1. The van der Waals surface area contributed by atoms with Gasteiger partial charge in [0.05, 0.1) is 0 Å². The first-order valence-corrected chi connectivity index (χ1v) is 3.77. The summed E-state index contributed by atoms with van der Waals surface area (Å²) in [6.45, 7) is 0. The van der Waals surface area contributed by atoms with Crippen LogP contribution in [0.4, 0.5) is 13.2 Å². The minimum absolute atomic E-state index is 0.268. The van der Waals surface area contributed by atoms with E-state index in [1.807, 2.05) is 0 Å². The molecule has 1 unspecified atom stereocenters. The van der Waals surface area contributed by atoms with Crippen LogP contribution in [0, 0.1) is 0 Å². The van der Waals surface area contributed by atoms with Gasteiger partial charge in [0.25, 0.3) is 6.43 Å². The lowest BCUT2D eigenvalue weighted by Crippen LogP contribution is -2.06. The van der Waals surface area contributed by atoms with Gasteiger partial charge in [-0.1, -0.05) is 18.2 Å². The molecule has 0 fully saturated rings. The van der Waals surface area contributed by atoms with Gasteiger partial charge in [-0.25, -0.2) is 18.0 Å². The van der Waals surface area contributed by atoms with Crippen molar-refractivity contribution in [2.24, 2.45) is 0 Å². The van der Waals surface area contributed by atoms with Crippen LogP contribution in [0.1, 0.15) is 23.7 Å². The average molecular weight is 204 g/mol. The monoisotopic (exact) mass is 204 g/mol. The standard InChI is InChI=1S/C9H7F3O2/c10-7(9(13)14)5-2-1-3-6(4-5)8(11)12/h1-4,7-8H,(H,13,14).